The van der Waals surface area contributed by atoms with Gasteiger partial charge in [0.2, 0.25) is 0 Å². The molecule has 1 fully saturated rings. The van der Waals surface area contributed by atoms with E-state index in [1.54, 1.807) is 0 Å². The Bertz CT molecular complexity index is 403. The number of nitrogens with zero attached hydrogens (tertiary/aromatic N) is 2. The van der Waals surface area contributed by atoms with Crippen LogP contribution in [0.15, 0.2) is 23.4 Å². The molecule has 0 bridgehead atoms. The summed E-state index contributed by atoms with van der Waals surface area (Å²) in [5.41, 5.74) is 1.44. The predicted octanol–water partition coefficient (Wildman–Crippen LogP) is 4.38. The molecule has 2 rings (SSSR count). The number of thioether (sulfide) groups is 1. The lowest BCUT2D eigenvalue weighted by Crippen LogP contribution is -2.27. The van der Waals surface area contributed by atoms with Crippen LogP contribution >= 0.6 is 11.8 Å². The fourth-order valence-corrected chi connectivity index (χ4v) is 3.75. The first-order valence-electron chi connectivity index (χ1n) is 7.43. The number of pyridine rings is 1. The minimum Gasteiger partial charge on any atom is -0.296 e. The van der Waals surface area contributed by atoms with E-state index in [9.17, 15) is 0 Å². The third kappa shape index (κ3) is 3.96. The summed E-state index contributed by atoms with van der Waals surface area (Å²) in [6, 6.07) is 4.95. The van der Waals surface area contributed by atoms with Crippen LogP contribution in [0.2, 0.25) is 0 Å². The molecule has 19 heavy (non-hydrogen) atoms. The molecule has 0 N–H and O–H groups in total. The molecular weight excluding hydrogens is 252 g/mol. The standard InChI is InChI=1S/C16H26N2S/c1-12(2)11-18-10-6-8-15(18)14-7-5-9-17-16(14)19-13(3)4/h5,7,9,12-13,15H,6,8,10-11H2,1-4H3/t15-/m1/s1. The summed E-state index contributed by atoms with van der Waals surface area (Å²) in [5.74, 6) is 0.735. The van der Waals surface area contributed by atoms with Crippen molar-refractivity contribution in [2.24, 2.45) is 5.92 Å². The average molecular weight is 278 g/mol. The van der Waals surface area contributed by atoms with E-state index >= 15 is 0 Å². The lowest BCUT2D eigenvalue weighted by atomic mass is 10.1. The fourth-order valence-electron chi connectivity index (χ4n) is 2.84. The van der Waals surface area contributed by atoms with Gasteiger partial charge in [-0.15, -0.1) is 11.8 Å². The molecule has 0 unspecified atom stereocenters. The predicted molar refractivity (Wildman–Crippen MR) is 83.6 cm³/mol. The second-order valence-corrected chi connectivity index (χ2v) is 7.68. The van der Waals surface area contributed by atoms with Gasteiger partial charge < -0.3 is 0 Å². The first-order valence-corrected chi connectivity index (χ1v) is 8.31. The second-order valence-electron chi connectivity index (χ2n) is 6.11. The maximum absolute atomic E-state index is 4.61. The minimum absolute atomic E-state index is 0.581. The Morgan fingerprint density at radius 1 is 1.37 bits per heavy atom. The van der Waals surface area contributed by atoms with E-state index in [4.69, 9.17) is 0 Å². The highest BCUT2D eigenvalue weighted by molar-refractivity contribution is 7.99. The summed E-state index contributed by atoms with van der Waals surface area (Å²) in [5, 5.41) is 1.83. The molecule has 0 aliphatic carbocycles. The van der Waals surface area contributed by atoms with E-state index in [1.165, 1.54) is 36.5 Å². The van der Waals surface area contributed by atoms with Crippen LogP contribution in [0.3, 0.4) is 0 Å². The van der Waals surface area contributed by atoms with Crippen molar-refractivity contribution in [1.82, 2.24) is 9.88 Å². The summed E-state index contributed by atoms with van der Waals surface area (Å²) in [4.78, 5) is 7.26. The maximum atomic E-state index is 4.61. The Hall–Kier alpha value is -0.540. The summed E-state index contributed by atoms with van der Waals surface area (Å²) >= 11 is 1.90. The molecule has 3 heteroatoms. The van der Waals surface area contributed by atoms with Crippen LogP contribution in [0.4, 0.5) is 0 Å². The van der Waals surface area contributed by atoms with Gasteiger partial charge in [0.1, 0.15) is 5.03 Å². The SMILES string of the molecule is CC(C)CN1CCC[C@@H]1c1cccnc1SC(C)C. The monoisotopic (exact) mass is 278 g/mol. The minimum atomic E-state index is 0.581. The molecule has 1 aliphatic heterocycles. The van der Waals surface area contributed by atoms with Crippen molar-refractivity contribution in [3.8, 4) is 0 Å². The molecule has 0 amide bonds. The van der Waals surface area contributed by atoms with Crippen LogP contribution in [0.5, 0.6) is 0 Å². The van der Waals surface area contributed by atoms with Crippen molar-refractivity contribution < 1.29 is 0 Å². The van der Waals surface area contributed by atoms with Gasteiger partial charge in [-0.1, -0.05) is 33.8 Å². The molecule has 0 aromatic carbocycles. The van der Waals surface area contributed by atoms with E-state index in [1.807, 2.05) is 18.0 Å². The average Bonchev–Trinajstić information content (AvgIpc) is 2.76. The van der Waals surface area contributed by atoms with Crippen LogP contribution in [0, 0.1) is 5.92 Å². The molecule has 1 aromatic rings. The van der Waals surface area contributed by atoms with Crippen LogP contribution in [0.1, 0.15) is 52.1 Å². The van der Waals surface area contributed by atoms with Crippen LogP contribution < -0.4 is 0 Å². The lowest BCUT2D eigenvalue weighted by molar-refractivity contribution is 0.226. The second kappa shape index (κ2) is 6.76. The van der Waals surface area contributed by atoms with Crippen LogP contribution in [-0.4, -0.2) is 28.2 Å². The molecular formula is C16H26N2S. The quantitative estimate of drug-likeness (QED) is 0.744. The summed E-state index contributed by atoms with van der Waals surface area (Å²) in [6.45, 7) is 11.5. The Morgan fingerprint density at radius 2 is 2.16 bits per heavy atom. The third-order valence-electron chi connectivity index (χ3n) is 3.47. The van der Waals surface area contributed by atoms with Gasteiger partial charge in [0.15, 0.2) is 0 Å². The Kier molecular flexibility index (Phi) is 5.28. The molecule has 1 saturated heterocycles. The lowest BCUT2D eigenvalue weighted by Gasteiger charge is -2.27. The van der Waals surface area contributed by atoms with E-state index in [0.29, 0.717) is 11.3 Å². The van der Waals surface area contributed by atoms with Gasteiger partial charge in [-0.2, -0.15) is 0 Å². The number of aromatic nitrogens is 1. The zero-order chi connectivity index (χ0) is 13.8. The van der Waals surface area contributed by atoms with Crippen LogP contribution in [0.25, 0.3) is 0 Å². The third-order valence-corrected chi connectivity index (χ3v) is 4.51. The topological polar surface area (TPSA) is 16.1 Å². The number of hydrogen-bond acceptors (Lipinski definition) is 3. The molecule has 2 nitrogen and oxygen atoms in total. The van der Waals surface area contributed by atoms with Crippen molar-refractivity contribution in [1.29, 1.82) is 0 Å². The first kappa shape index (κ1) is 14.9. The molecule has 2 heterocycles. The largest absolute Gasteiger partial charge is 0.296 e. The number of rotatable bonds is 5. The van der Waals surface area contributed by atoms with Gasteiger partial charge in [0, 0.05) is 29.6 Å². The Balaban J connectivity index is 2.20. The van der Waals surface area contributed by atoms with Crippen molar-refractivity contribution in [3.05, 3.63) is 23.9 Å². The zero-order valence-electron chi connectivity index (χ0n) is 12.6. The molecule has 106 valence electrons. The smallest absolute Gasteiger partial charge is 0.101 e. The van der Waals surface area contributed by atoms with Gasteiger partial charge in [0.25, 0.3) is 0 Å². The summed E-state index contributed by atoms with van der Waals surface area (Å²) < 4.78 is 0. The normalized spacial score (nSPS) is 20.6. The summed E-state index contributed by atoms with van der Waals surface area (Å²) in [7, 11) is 0. The summed E-state index contributed by atoms with van der Waals surface area (Å²) in [6.07, 6.45) is 4.53. The van der Waals surface area contributed by atoms with Gasteiger partial charge in [0.05, 0.1) is 0 Å². The van der Waals surface area contributed by atoms with Gasteiger partial charge in [-0.25, -0.2) is 4.98 Å². The maximum Gasteiger partial charge on any atom is 0.101 e. The molecule has 0 spiro atoms. The Labute approximate surface area is 122 Å². The van der Waals surface area contributed by atoms with Crippen molar-refractivity contribution in [3.63, 3.8) is 0 Å². The van der Waals surface area contributed by atoms with Gasteiger partial charge in [-0.05, 0) is 31.4 Å². The number of hydrogen-bond donors (Lipinski definition) is 0. The molecule has 0 saturated carbocycles. The zero-order valence-corrected chi connectivity index (χ0v) is 13.4. The van der Waals surface area contributed by atoms with Crippen molar-refractivity contribution in [2.45, 2.75) is 56.9 Å². The highest BCUT2D eigenvalue weighted by atomic mass is 32.2. The van der Waals surface area contributed by atoms with E-state index in [0.717, 1.165) is 5.92 Å². The molecule has 1 aliphatic rings. The van der Waals surface area contributed by atoms with Gasteiger partial charge >= 0.3 is 0 Å². The number of likely N-dealkylation sites (tertiary alicyclic amines) is 1. The van der Waals surface area contributed by atoms with E-state index in [2.05, 4.69) is 49.7 Å². The molecule has 1 aromatic heterocycles. The molecule has 0 radical (unpaired) electrons. The van der Waals surface area contributed by atoms with E-state index < -0.39 is 0 Å². The highest BCUT2D eigenvalue weighted by Gasteiger charge is 2.28. The first-order chi connectivity index (χ1) is 9.08. The van der Waals surface area contributed by atoms with Crippen LogP contribution in [-0.2, 0) is 0 Å². The highest BCUT2D eigenvalue weighted by Crippen LogP contribution is 2.37. The molecule has 1 atom stereocenters. The van der Waals surface area contributed by atoms with Gasteiger partial charge in [-0.3, -0.25) is 4.90 Å². The van der Waals surface area contributed by atoms with Crippen molar-refractivity contribution in [2.75, 3.05) is 13.1 Å². The van der Waals surface area contributed by atoms with E-state index in [-0.39, 0.29) is 0 Å². The fraction of sp³-hybridized carbons (Fsp3) is 0.688. The Morgan fingerprint density at radius 3 is 2.84 bits per heavy atom. The van der Waals surface area contributed by atoms with Crippen molar-refractivity contribution >= 4 is 11.8 Å².